The first-order valence-electron chi connectivity index (χ1n) is 11.5. The average Bonchev–Trinajstić information content (AvgIpc) is 3.52. The molecule has 9 heteroatoms. The lowest BCUT2D eigenvalue weighted by Crippen LogP contribution is -2.36. The molecule has 0 spiro atoms. The smallest absolute Gasteiger partial charge is 0.212 e. The van der Waals surface area contributed by atoms with Gasteiger partial charge in [-0.2, -0.15) is 9.78 Å². The van der Waals surface area contributed by atoms with E-state index in [1.54, 1.807) is 11.8 Å². The maximum absolute atomic E-state index is 5.48. The molecule has 8 nitrogen and oxygen atoms in total. The van der Waals surface area contributed by atoms with E-state index in [0.29, 0.717) is 0 Å². The van der Waals surface area contributed by atoms with Crippen LogP contribution in [-0.2, 0) is 4.74 Å². The number of hydrogen-bond donors (Lipinski definition) is 2. The normalized spacial score (nSPS) is 25.1. The number of aromatic nitrogens is 3. The van der Waals surface area contributed by atoms with Gasteiger partial charge in [-0.15, -0.1) is 10.2 Å². The largest absolute Gasteiger partial charge is 0.378 e. The van der Waals surface area contributed by atoms with Crippen LogP contribution in [0.3, 0.4) is 0 Å². The Morgan fingerprint density at radius 2 is 1.70 bits per heavy atom. The Kier molecular flexibility index (Phi) is 5.63. The highest BCUT2D eigenvalue weighted by Crippen LogP contribution is 2.35. The molecular formula is C24H27N7OS. The van der Waals surface area contributed by atoms with Crippen LogP contribution in [0.2, 0.25) is 0 Å². The van der Waals surface area contributed by atoms with E-state index in [1.807, 2.05) is 10.7 Å². The summed E-state index contributed by atoms with van der Waals surface area (Å²) in [4.78, 5) is 2.37. The molecule has 0 saturated carbocycles. The number of anilines is 1. The van der Waals surface area contributed by atoms with E-state index >= 15 is 0 Å². The highest BCUT2D eigenvalue weighted by atomic mass is 32.2. The number of nitrogens with zero attached hydrogens (tertiary/aromatic N) is 5. The second-order valence-corrected chi connectivity index (χ2v) is 9.89. The summed E-state index contributed by atoms with van der Waals surface area (Å²) in [5.74, 6) is 0.845. The lowest BCUT2D eigenvalue weighted by molar-refractivity contribution is 0.122. The molecule has 3 aliphatic heterocycles. The van der Waals surface area contributed by atoms with Crippen LogP contribution in [0.5, 0.6) is 0 Å². The first-order chi connectivity index (χ1) is 16.3. The zero-order valence-electron chi connectivity index (χ0n) is 18.5. The molecule has 170 valence electrons. The summed E-state index contributed by atoms with van der Waals surface area (Å²) in [5, 5.41) is 15.0. The van der Waals surface area contributed by atoms with Crippen molar-refractivity contribution in [2.75, 3.05) is 31.2 Å². The van der Waals surface area contributed by atoms with Crippen LogP contribution in [0.15, 0.2) is 64.9 Å². The predicted octanol–water partition coefficient (Wildman–Crippen LogP) is 3.14. The highest BCUT2D eigenvalue weighted by Gasteiger charge is 2.33. The van der Waals surface area contributed by atoms with Gasteiger partial charge in [-0.25, -0.2) is 10.9 Å². The Labute approximate surface area is 197 Å². The third kappa shape index (κ3) is 4.06. The highest BCUT2D eigenvalue weighted by molar-refractivity contribution is 8.00. The van der Waals surface area contributed by atoms with Crippen molar-refractivity contribution >= 4 is 23.2 Å². The molecule has 3 aliphatic rings. The third-order valence-corrected chi connectivity index (χ3v) is 7.51. The van der Waals surface area contributed by atoms with E-state index in [2.05, 4.69) is 81.4 Å². The van der Waals surface area contributed by atoms with E-state index in [1.165, 1.54) is 11.3 Å². The van der Waals surface area contributed by atoms with Gasteiger partial charge in [0.15, 0.2) is 5.82 Å². The molecular weight excluding hydrogens is 434 g/mol. The summed E-state index contributed by atoms with van der Waals surface area (Å²) in [6.45, 7) is 5.63. The molecule has 6 rings (SSSR count). The molecule has 0 bridgehead atoms. The SMILES string of the molecule is CC1Sc2nnc(C3CC(c4ccccc4)NN3)n2N=C1c1ccc(N2CCOCC2)cc1. The standard InChI is InChI=1S/C24H27N7OS/c1-16-22(18-7-9-19(10-8-18)30-11-13-32-14-12-30)29-31-23(27-28-24(31)33-16)21-15-20(25-26-21)17-5-3-2-4-6-17/h2-10,16,20-21,25-26H,11-15H2,1H3. The minimum Gasteiger partial charge on any atom is -0.378 e. The molecule has 2 aromatic carbocycles. The predicted molar refractivity (Wildman–Crippen MR) is 130 cm³/mol. The first kappa shape index (κ1) is 20.9. The maximum atomic E-state index is 5.48. The molecule has 2 fully saturated rings. The van der Waals surface area contributed by atoms with E-state index < -0.39 is 0 Å². The summed E-state index contributed by atoms with van der Waals surface area (Å²) < 4.78 is 7.40. The van der Waals surface area contributed by atoms with Gasteiger partial charge >= 0.3 is 0 Å². The van der Waals surface area contributed by atoms with Crippen LogP contribution in [0.4, 0.5) is 5.69 Å². The molecule has 2 saturated heterocycles. The fraction of sp³-hybridized carbons (Fsp3) is 0.375. The number of fused-ring (bicyclic) bond motifs is 1. The van der Waals surface area contributed by atoms with Gasteiger partial charge in [-0.1, -0.05) is 54.2 Å². The topological polar surface area (TPSA) is 79.6 Å². The molecule has 0 aliphatic carbocycles. The molecule has 3 unspecified atom stereocenters. The van der Waals surface area contributed by atoms with Gasteiger partial charge in [0.25, 0.3) is 0 Å². The van der Waals surface area contributed by atoms with Gasteiger partial charge in [-0.3, -0.25) is 0 Å². The van der Waals surface area contributed by atoms with Crippen molar-refractivity contribution in [3.8, 4) is 0 Å². The summed E-state index contributed by atoms with van der Waals surface area (Å²) in [7, 11) is 0. The van der Waals surface area contributed by atoms with E-state index in [-0.39, 0.29) is 17.3 Å². The Morgan fingerprint density at radius 1 is 0.939 bits per heavy atom. The third-order valence-electron chi connectivity index (χ3n) is 6.47. The van der Waals surface area contributed by atoms with Crippen LogP contribution >= 0.6 is 11.8 Å². The molecule has 2 N–H and O–H groups in total. The van der Waals surface area contributed by atoms with Crippen LogP contribution in [-0.4, -0.2) is 52.1 Å². The number of ether oxygens (including phenoxy) is 1. The maximum Gasteiger partial charge on any atom is 0.212 e. The molecule has 0 amide bonds. The molecule has 0 radical (unpaired) electrons. The van der Waals surface area contributed by atoms with E-state index in [9.17, 15) is 0 Å². The van der Waals surface area contributed by atoms with Crippen molar-refractivity contribution in [2.24, 2.45) is 5.10 Å². The van der Waals surface area contributed by atoms with E-state index in [0.717, 1.165) is 55.0 Å². The lowest BCUT2D eigenvalue weighted by Gasteiger charge is -2.29. The number of hydrogen-bond acceptors (Lipinski definition) is 8. The number of hydrazine groups is 1. The molecule has 33 heavy (non-hydrogen) atoms. The van der Waals surface area contributed by atoms with Crippen molar-refractivity contribution < 1.29 is 4.74 Å². The molecule has 1 aromatic heterocycles. The van der Waals surface area contributed by atoms with Crippen LogP contribution in [0.25, 0.3) is 0 Å². The van der Waals surface area contributed by atoms with Crippen LogP contribution in [0, 0.1) is 0 Å². The fourth-order valence-electron chi connectivity index (χ4n) is 4.65. The molecule has 3 atom stereocenters. The Hall–Kier alpha value is -2.72. The van der Waals surface area contributed by atoms with Gasteiger partial charge in [-0.05, 0) is 36.6 Å². The summed E-state index contributed by atoms with van der Waals surface area (Å²) >= 11 is 1.71. The van der Waals surface area contributed by atoms with Gasteiger partial charge in [0.05, 0.1) is 30.2 Å². The minimum absolute atomic E-state index is 0.0409. The van der Waals surface area contributed by atoms with Crippen molar-refractivity contribution in [3.05, 3.63) is 71.5 Å². The Bertz CT molecular complexity index is 1140. The van der Waals surface area contributed by atoms with Gasteiger partial charge < -0.3 is 9.64 Å². The van der Waals surface area contributed by atoms with E-state index in [4.69, 9.17) is 9.84 Å². The Balaban J connectivity index is 1.25. The summed E-state index contributed by atoms with van der Waals surface area (Å²) in [5.41, 5.74) is 11.5. The van der Waals surface area contributed by atoms with Crippen LogP contribution in [0.1, 0.15) is 42.4 Å². The number of morpholine rings is 1. The van der Waals surface area contributed by atoms with Crippen molar-refractivity contribution in [1.82, 2.24) is 25.7 Å². The lowest BCUT2D eigenvalue weighted by atomic mass is 10.0. The quantitative estimate of drug-likeness (QED) is 0.618. The second kappa shape index (κ2) is 8.90. The Morgan fingerprint density at radius 3 is 2.48 bits per heavy atom. The monoisotopic (exact) mass is 461 g/mol. The first-order valence-corrected chi connectivity index (χ1v) is 12.3. The summed E-state index contributed by atoms with van der Waals surface area (Å²) in [6.07, 6.45) is 0.890. The second-order valence-electron chi connectivity index (χ2n) is 8.58. The summed E-state index contributed by atoms with van der Waals surface area (Å²) in [6, 6.07) is 19.5. The number of nitrogens with one attached hydrogen (secondary N) is 2. The number of rotatable bonds is 4. The van der Waals surface area contributed by atoms with Gasteiger partial charge in [0.1, 0.15) is 0 Å². The van der Waals surface area contributed by atoms with Crippen molar-refractivity contribution in [1.29, 1.82) is 0 Å². The molecule has 4 heterocycles. The van der Waals surface area contributed by atoms with Crippen molar-refractivity contribution in [2.45, 2.75) is 35.8 Å². The molecule has 3 aromatic rings. The zero-order valence-corrected chi connectivity index (χ0v) is 19.3. The average molecular weight is 462 g/mol. The number of thioether (sulfide) groups is 1. The van der Waals surface area contributed by atoms with Crippen molar-refractivity contribution in [3.63, 3.8) is 0 Å². The van der Waals surface area contributed by atoms with Gasteiger partial charge in [0, 0.05) is 24.8 Å². The zero-order chi connectivity index (χ0) is 22.2. The van der Waals surface area contributed by atoms with Gasteiger partial charge in [0.2, 0.25) is 5.16 Å². The van der Waals surface area contributed by atoms with Crippen LogP contribution < -0.4 is 15.8 Å². The fourth-order valence-corrected chi connectivity index (χ4v) is 5.58. The number of benzene rings is 2. The minimum atomic E-state index is 0.0409.